The third-order valence-corrected chi connectivity index (χ3v) is 5.45. The summed E-state index contributed by atoms with van der Waals surface area (Å²) >= 11 is 1.25. The van der Waals surface area contributed by atoms with Crippen LogP contribution in [0.25, 0.3) is 10.6 Å². The van der Waals surface area contributed by atoms with Gasteiger partial charge in [-0.15, -0.1) is 0 Å². The van der Waals surface area contributed by atoms with Gasteiger partial charge in [-0.25, -0.2) is 17.8 Å². The third kappa shape index (κ3) is 4.57. The van der Waals surface area contributed by atoms with Gasteiger partial charge in [0.2, 0.25) is 5.91 Å². The average molecular weight is 371 g/mol. The number of rotatable bonds is 6. The zero-order valence-electron chi connectivity index (χ0n) is 13.6. The molecular weight excluding hydrogens is 353 g/mol. The number of aromatic nitrogens is 2. The number of nitrogens with zero attached hydrogens (tertiary/aromatic N) is 3. The molecule has 0 bridgehead atoms. The molecule has 0 atom stereocenters. The first kappa shape index (κ1) is 18.5. The molecule has 130 valence electrons. The second-order valence-electron chi connectivity index (χ2n) is 5.32. The molecule has 2 heterocycles. The molecule has 0 saturated carbocycles. The number of hydrogen-bond acceptors (Lipinski definition) is 6. The van der Waals surface area contributed by atoms with E-state index in [4.69, 9.17) is 0 Å². The zero-order chi connectivity index (χ0) is 17.9. The largest absolute Gasteiger partial charge is 0.303 e. The molecule has 9 heteroatoms. The number of halogens is 1. The molecule has 0 unspecified atom stereocenters. The molecule has 6 nitrogen and oxygen atoms in total. The van der Waals surface area contributed by atoms with E-state index in [1.54, 1.807) is 13.8 Å². The van der Waals surface area contributed by atoms with E-state index in [2.05, 4.69) is 9.97 Å². The second-order valence-corrected chi connectivity index (χ2v) is 8.56. The number of aryl methyl sites for hydroxylation is 1. The summed E-state index contributed by atoms with van der Waals surface area (Å²) in [6.07, 6.45) is 3.63. The van der Waals surface area contributed by atoms with E-state index >= 15 is 0 Å². The Morgan fingerprint density at radius 2 is 2.08 bits per heavy atom. The summed E-state index contributed by atoms with van der Waals surface area (Å²) in [7, 11) is -3.21. The van der Waals surface area contributed by atoms with Gasteiger partial charge in [-0.2, -0.15) is 0 Å². The third-order valence-electron chi connectivity index (χ3n) is 3.27. The lowest BCUT2D eigenvalue weighted by Crippen LogP contribution is -2.31. The number of carbonyl (C=O) groups excluding carboxylic acids is 1. The summed E-state index contributed by atoms with van der Waals surface area (Å²) < 4.78 is 35.8. The standard InChI is InChI=1S/C15H18FN3O3S2/c1-4-19(13(20)5-6-24(3,21)22)15-10(2)18-14(23-15)11-7-12(16)9-17-8-11/h7-9H,4-6H2,1-3H3. The number of pyridine rings is 1. The van der Waals surface area contributed by atoms with Crippen LogP contribution in [0.15, 0.2) is 18.5 Å². The van der Waals surface area contributed by atoms with Gasteiger partial charge in [-0.3, -0.25) is 9.78 Å². The summed E-state index contributed by atoms with van der Waals surface area (Å²) in [5.74, 6) is -0.932. The van der Waals surface area contributed by atoms with Crippen LogP contribution in [0.5, 0.6) is 0 Å². The Bertz CT molecular complexity index is 849. The zero-order valence-corrected chi connectivity index (χ0v) is 15.2. The first-order valence-corrected chi connectivity index (χ1v) is 10.2. The molecule has 2 aromatic heterocycles. The fraction of sp³-hybridized carbons (Fsp3) is 0.400. The molecule has 0 N–H and O–H groups in total. The molecule has 0 aliphatic rings. The van der Waals surface area contributed by atoms with Crippen LogP contribution in [0.3, 0.4) is 0 Å². The van der Waals surface area contributed by atoms with E-state index in [1.165, 1.54) is 28.5 Å². The summed E-state index contributed by atoms with van der Waals surface area (Å²) in [6, 6.07) is 1.33. The first-order chi connectivity index (χ1) is 11.2. The van der Waals surface area contributed by atoms with Gasteiger partial charge in [0.25, 0.3) is 0 Å². The SMILES string of the molecule is CCN(C(=O)CCS(C)(=O)=O)c1sc(-c2cncc(F)c2)nc1C. The minimum Gasteiger partial charge on any atom is -0.303 e. The van der Waals surface area contributed by atoms with Crippen LogP contribution in [-0.4, -0.2) is 42.8 Å². The lowest BCUT2D eigenvalue weighted by Gasteiger charge is -2.19. The Kier molecular flexibility index (Phi) is 5.66. The van der Waals surface area contributed by atoms with Gasteiger partial charge in [-0.1, -0.05) is 11.3 Å². The van der Waals surface area contributed by atoms with E-state index in [-0.39, 0.29) is 18.1 Å². The van der Waals surface area contributed by atoms with Crippen LogP contribution in [-0.2, 0) is 14.6 Å². The number of carbonyl (C=O) groups is 1. The molecule has 0 fully saturated rings. The highest BCUT2D eigenvalue weighted by molar-refractivity contribution is 7.90. The Morgan fingerprint density at radius 1 is 1.38 bits per heavy atom. The van der Waals surface area contributed by atoms with E-state index in [9.17, 15) is 17.6 Å². The minimum atomic E-state index is -3.21. The van der Waals surface area contributed by atoms with Gasteiger partial charge >= 0.3 is 0 Å². The Morgan fingerprint density at radius 3 is 2.67 bits per heavy atom. The van der Waals surface area contributed by atoms with Crippen molar-refractivity contribution in [2.24, 2.45) is 0 Å². The molecule has 0 aliphatic carbocycles. The molecular formula is C15H18FN3O3S2. The summed E-state index contributed by atoms with van der Waals surface area (Å²) in [5, 5.41) is 1.19. The molecule has 2 aromatic rings. The molecule has 0 aromatic carbocycles. The van der Waals surface area contributed by atoms with Crippen molar-refractivity contribution in [2.45, 2.75) is 20.3 Å². The average Bonchev–Trinajstić information content (AvgIpc) is 2.87. The monoisotopic (exact) mass is 371 g/mol. The molecule has 0 spiro atoms. The summed E-state index contributed by atoms with van der Waals surface area (Å²) in [5.41, 5.74) is 1.17. The van der Waals surface area contributed by atoms with Crippen molar-refractivity contribution in [1.29, 1.82) is 0 Å². The lowest BCUT2D eigenvalue weighted by molar-refractivity contribution is -0.118. The molecule has 0 saturated heterocycles. The van der Waals surface area contributed by atoms with Crippen molar-refractivity contribution in [3.63, 3.8) is 0 Å². The van der Waals surface area contributed by atoms with Gasteiger partial charge in [0.15, 0.2) is 0 Å². The molecule has 0 aliphatic heterocycles. The smallest absolute Gasteiger partial charge is 0.228 e. The van der Waals surface area contributed by atoms with Crippen LogP contribution in [0.1, 0.15) is 19.0 Å². The topological polar surface area (TPSA) is 80.2 Å². The summed E-state index contributed by atoms with van der Waals surface area (Å²) in [6.45, 7) is 3.96. The maximum atomic E-state index is 13.3. The predicted molar refractivity (Wildman–Crippen MR) is 92.4 cm³/mol. The van der Waals surface area contributed by atoms with Crippen molar-refractivity contribution in [1.82, 2.24) is 9.97 Å². The second kappa shape index (κ2) is 7.35. The fourth-order valence-electron chi connectivity index (χ4n) is 2.13. The Labute approximate surface area is 144 Å². The van der Waals surface area contributed by atoms with Crippen LogP contribution in [0.2, 0.25) is 0 Å². The molecule has 0 radical (unpaired) electrons. The van der Waals surface area contributed by atoms with Crippen molar-refractivity contribution in [2.75, 3.05) is 23.5 Å². The predicted octanol–water partition coefficient (Wildman–Crippen LogP) is 2.44. The number of hydrogen-bond donors (Lipinski definition) is 0. The van der Waals surface area contributed by atoms with Crippen LogP contribution < -0.4 is 4.90 Å². The van der Waals surface area contributed by atoms with Crippen molar-refractivity contribution in [3.8, 4) is 10.6 Å². The number of sulfone groups is 1. The molecule has 24 heavy (non-hydrogen) atoms. The lowest BCUT2D eigenvalue weighted by atomic mass is 10.3. The maximum Gasteiger partial charge on any atom is 0.228 e. The van der Waals surface area contributed by atoms with Gasteiger partial charge in [0.1, 0.15) is 25.7 Å². The van der Waals surface area contributed by atoms with Crippen molar-refractivity contribution in [3.05, 3.63) is 30.0 Å². The quantitative estimate of drug-likeness (QED) is 0.779. The van der Waals surface area contributed by atoms with Gasteiger partial charge in [0.05, 0.1) is 17.6 Å². The highest BCUT2D eigenvalue weighted by Gasteiger charge is 2.21. The van der Waals surface area contributed by atoms with Crippen molar-refractivity contribution >= 4 is 32.1 Å². The van der Waals surface area contributed by atoms with Gasteiger partial charge in [-0.05, 0) is 19.9 Å². The molecule has 1 amide bonds. The van der Waals surface area contributed by atoms with Crippen LogP contribution in [0.4, 0.5) is 9.39 Å². The van der Waals surface area contributed by atoms with Crippen LogP contribution >= 0.6 is 11.3 Å². The van der Waals surface area contributed by atoms with Crippen LogP contribution in [0, 0.1) is 12.7 Å². The Balaban J connectivity index is 2.28. The highest BCUT2D eigenvalue weighted by atomic mass is 32.2. The number of thiazole rings is 1. The van der Waals surface area contributed by atoms with E-state index in [0.29, 0.717) is 27.8 Å². The minimum absolute atomic E-state index is 0.0825. The summed E-state index contributed by atoms with van der Waals surface area (Å²) in [4.78, 5) is 22.0. The fourth-order valence-corrected chi connectivity index (χ4v) is 3.81. The normalized spacial score (nSPS) is 11.5. The number of anilines is 1. The molecule has 2 rings (SSSR count). The number of amides is 1. The van der Waals surface area contributed by atoms with E-state index in [0.717, 1.165) is 12.5 Å². The highest BCUT2D eigenvalue weighted by Crippen LogP contribution is 2.34. The van der Waals surface area contributed by atoms with Crippen molar-refractivity contribution < 1.29 is 17.6 Å². The van der Waals surface area contributed by atoms with E-state index in [1.807, 2.05) is 0 Å². The van der Waals surface area contributed by atoms with E-state index < -0.39 is 15.7 Å². The van der Waals surface area contributed by atoms with Gasteiger partial charge in [0, 0.05) is 31.0 Å². The Hall–Kier alpha value is -1.87. The van der Waals surface area contributed by atoms with Gasteiger partial charge < -0.3 is 4.90 Å². The first-order valence-electron chi connectivity index (χ1n) is 7.27. The maximum absolute atomic E-state index is 13.3.